The van der Waals surface area contributed by atoms with Gasteiger partial charge in [-0.2, -0.15) is 5.10 Å². The molecule has 1 saturated heterocycles. The van der Waals surface area contributed by atoms with Gasteiger partial charge in [0.15, 0.2) is 0 Å². The van der Waals surface area contributed by atoms with Crippen LogP contribution in [0.3, 0.4) is 0 Å². The first kappa shape index (κ1) is 22.5. The van der Waals surface area contributed by atoms with Crippen LogP contribution >= 0.6 is 0 Å². The van der Waals surface area contributed by atoms with E-state index in [0.29, 0.717) is 19.6 Å². The highest BCUT2D eigenvalue weighted by Crippen LogP contribution is 2.22. The first-order valence-corrected chi connectivity index (χ1v) is 10.3. The summed E-state index contributed by atoms with van der Waals surface area (Å²) in [5, 5.41) is 9.71. The van der Waals surface area contributed by atoms with Crippen molar-refractivity contribution in [1.29, 1.82) is 0 Å². The molecule has 1 fully saturated rings. The maximum absolute atomic E-state index is 14.1. The lowest BCUT2D eigenvalue weighted by Gasteiger charge is -2.20. The molecule has 0 saturated carbocycles. The molecule has 1 aromatic heterocycles. The fraction of sp³-hybridized carbons (Fsp3) is 0.455. The molecule has 3 amide bonds. The Hall–Kier alpha value is -3.23. The van der Waals surface area contributed by atoms with Crippen molar-refractivity contribution in [1.82, 2.24) is 20.0 Å². The number of aromatic nitrogens is 2. The highest BCUT2D eigenvalue weighted by atomic mass is 19.1. The van der Waals surface area contributed by atoms with Gasteiger partial charge in [-0.1, -0.05) is 0 Å². The van der Waals surface area contributed by atoms with Crippen molar-refractivity contribution in [3.63, 3.8) is 0 Å². The number of nitrogens with zero attached hydrogens (tertiary/aromatic N) is 3. The molecule has 0 bridgehead atoms. The number of aryl methyl sites for hydroxylation is 2. The molecule has 3 rings (SSSR count). The van der Waals surface area contributed by atoms with E-state index in [1.807, 2.05) is 33.8 Å². The van der Waals surface area contributed by atoms with E-state index in [-0.39, 0.29) is 35.5 Å². The molecular formula is C22H28FN5O3. The van der Waals surface area contributed by atoms with Crippen LogP contribution in [0.15, 0.2) is 24.3 Å². The molecule has 166 valence electrons. The van der Waals surface area contributed by atoms with Crippen molar-refractivity contribution >= 4 is 23.4 Å². The second kappa shape index (κ2) is 9.28. The lowest BCUT2D eigenvalue weighted by atomic mass is 10.1. The normalized spacial score (nSPS) is 16.1. The standard InChI is InChI=1S/C22H28FN5O3/c1-13(2)27-12-17(10-20(27)29)22(31)25-19-9-16(8-18(23)11-19)21(30)24-5-6-28-15(4)7-14(3)26-28/h7-9,11,13,17H,5-6,10,12H2,1-4H3,(H,24,30)(H,25,31). The molecule has 0 radical (unpaired) electrons. The number of anilines is 1. The van der Waals surface area contributed by atoms with Gasteiger partial charge in [0.2, 0.25) is 11.8 Å². The number of carbonyl (C=O) groups is 3. The Labute approximate surface area is 180 Å². The van der Waals surface area contributed by atoms with Crippen molar-refractivity contribution in [3.05, 3.63) is 47.0 Å². The van der Waals surface area contributed by atoms with Crippen molar-refractivity contribution in [3.8, 4) is 0 Å². The van der Waals surface area contributed by atoms with Crippen molar-refractivity contribution in [2.24, 2.45) is 5.92 Å². The van der Waals surface area contributed by atoms with Gasteiger partial charge in [-0.15, -0.1) is 0 Å². The fourth-order valence-corrected chi connectivity index (χ4v) is 3.72. The van der Waals surface area contributed by atoms with Crippen LogP contribution in [-0.4, -0.2) is 51.5 Å². The van der Waals surface area contributed by atoms with Crippen molar-refractivity contribution < 1.29 is 18.8 Å². The van der Waals surface area contributed by atoms with Gasteiger partial charge in [-0.3, -0.25) is 19.1 Å². The SMILES string of the molecule is Cc1cc(C)n(CCNC(=O)c2cc(F)cc(NC(=O)C3CC(=O)N(C(C)C)C3)c2)n1. The van der Waals surface area contributed by atoms with Crippen LogP contribution in [0.1, 0.15) is 42.0 Å². The first-order chi connectivity index (χ1) is 14.6. The number of rotatable bonds is 7. The van der Waals surface area contributed by atoms with E-state index in [4.69, 9.17) is 0 Å². The van der Waals surface area contributed by atoms with E-state index in [9.17, 15) is 18.8 Å². The van der Waals surface area contributed by atoms with E-state index in [0.717, 1.165) is 23.5 Å². The zero-order valence-corrected chi connectivity index (χ0v) is 18.2. The average Bonchev–Trinajstić information content (AvgIpc) is 3.23. The highest BCUT2D eigenvalue weighted by molar-refractivity contribution is 5.99. The monoisotopic (exact) mass is 429 g/mol. The summed E-state index contributed by atoms with van der Waals surface area (Å²) in [6.07, 6.45) is 0.124. The Kier molecular flexibility index (Phi) is 6.72. The summed E-state index contributed by atoms with van der Waals surface area (Å²) in [5.74, 6) is -2.02. The van der Waals surface area contributed by atoms with Crippen LogP contribution in [0.25, 0.3) is 0 Å². The zero-order valence-electron chi connectivity index (χ0n) is 18.2. The molecule has 0 spiro atoms. The second-order valence-electron chi connectivity index (χ2n) is 8.16. The molecule has 1 aliphatic rings. The molecule has 9 heteroatoms. The molecule has 1 unspecified atom stereocenters. The van der Waals surface area contributed by atoms with E-state index < -0.39 is 17.6 Å². The maximum atomic E-state index is 14.1. The fourth-order valence-electron chi connectivity index (χ4n) is 3.72. The van der Waals surface area contributed by atoms with Gasteiger partial charge in [-0.25, -0.2) is 4.39 Å². The minimum absolute atomic E-state index is 0.0178. The third kappa shape index (κ3) is 5.48. The van der Waals surface area contributed by atoms with E-state index in [1.54, 1.807) is 9.58 Å². The Morgan fingerprint density at radius 2 is 1.97 bits per heavy atom. The lowest BCUT2D eigenvalue weighted by molar-refractivity contribution is -0.129. The molecule has 8 nitrogen and oxygen atoms in total. The number of carbonyl (C=O) groups excluding carboxylic acids is 3. The molecule has 31 heavy (non-hydrogen) atoms. The molecule has 2 aromatic rings. The second-order valence-corrected chi connectivity index (χ2v) is 8.16. The quantitative estimate of drug-likeness (QED) is 0.706. The smallest absolute Gasteiger partial charge is 0.251 e. The number of hydrogen-bond donors (Lipinski definition) is 2. The highest BCUT2D eigenvalue weighted by Gasteiger charge is 2.35. The molecule has 1 atom stereocenters. The molecule has 1 aliphatic heterocycles. The Balaban J connectivity index is 1.60. The van der Waals surface area contributed by atoms with Gasteiger partial charge in [0.05, 0.1) is 18.2 Å². The molecule has 0 aliphatic carbocycles. The van der Waals surface area contributed by atoms with Gasteiger partial charge in [0.1, 0.15) is 5.82 Å². The van der Waals surface area contributed by atoms with E-state index in [1.165, 1.54) is 6.07 Å². The molecule has 2 heterocycles. The number of benzene rings is 1. The van der Waals surface area contributed by atoms with Gasteiger partial charge in [-0.05, 0) is 52.0 Å². The third-order valence-corrected chi connectivity index (χ3v) is 5.29. The summed E-state index contributed by atoms with van der Waals surface area (Å²) in [7, 11) is 0. The predicted molar refractivity (Wildman–Crippen MR) is 114 cm³/mol. The van der Waals surface area contributed by atoms with E-state index >= 15 is 0 Å². The lowest BCUT2D eigenvalue weighted by Crippen LogP contribution is -2.33. The predicted octanol–water partition coefficient (Wildman–Crippen LogP) is 2.26. The van der Waals surface area contributed by atoms with Crippen molar-refractivity contribution in [2.75, 3.05) is 18.4 Å². The number of hydrogen-bond acceptors (Lipinski definition) is 4. The van der Waals surface area contributed by atoms with Gasteiger partial charge >= 0.3 is 0 Å². The topological polar surface area (TPSA) is 96.3 Å². The summed E-state index contributed by atoms with van der Waals surface area (Å²) in [4.78, 5) is 38.7. The Morgan fingerprint density at radius 3 is 2.58 bits per heavy atom. The van der Waals surface area contributed by atoms with Crippen LogP contribution in [0.2, 0.25) is 0 Å². The largest absolute Gasteiger partial charge is 0.350 e. The minimum atomic E-state index is -0.632. The van der Waals surface area contributed by atoms with Gasteiger partial charge < -0.3 is 15.5 Å². The van der Waals surface area contributed by atoms with Crippen LogP contribution in [0.5, 0.6) is 0 Å². The third-order valence-electron chi connectivity index (χ3n) is 5.29. The van der Waals surface area contributed by atoms with Crippen molar-refractivity contribution in [2.45, 2.75) is 46.7 Å². The zero-order chi connectivity index (χ0) is 22.7. The van der Waals surface area contributed by atoms with Gasteiger partial charge in [0.25, 0.3) is 5.91 Å². The summed E-state index contributed by atoms with van der Waals surface area (Å²) < 4.78 is 15.9. The maximum Gasteiger partial charge on any atom is 0.251 e. The molecule has 2 N–H and O–H groups in total. The molecule has 1 aromatic carbocycles. The summed E-state index contributed by atoms with van der Waals surface area (Å²) in [6.45, 7) is 8.76. The number of likely N-dealkylation sites (tertiary alicyclic amines) is 1. The first-order valence-electron chi connectivity index (χ1n) is 10.3. The van der Waals surface area contributed by atoms with Crippen LogP contribution < -0.4 is 10.6 Å². The number of nitrogens with one attached hydrogen (secondary N) is 2. The van der Waals surface area contributed by atoms with Crippen LogP contribution in [0, 0.1) is 25.6 Å². The number of halogens is 1. The van der Waals surface area contributed by atoms with Crippen LogP contribution in [0.4, 0.5) is 10.1 Å². The average molecular weight is 429 g/mol. The van der Waals surface area contributed by atoms with E-state index in [2.05, 4.69) is 15.7 Å². The molecular weight excluding hydrogens is 401 g/mol. The summed E-state index contributed by atoms with van der Waals surface area (Å²) >= 11 is 0. The minimum Gasteiger partial charge on any atom is -0.350 e. The summed E-state index contributed by atoms with van der Waals surface area (Å²) in [5.41, 5.74) is 2.18. The number of amides is 3. The Bertz CT molecular complexity index is 1000. The van der Waals surface area contributed by atoms with Gasteiger partial charge in [0, 0.05) is 42.5 Å². The Morgan fingerprint density at radius 1 is 1.23 bits per heavy atom. The summed E-state index contributed by atoms with van der Waals surface area (Å²) in [6, 6.07) is 5.66. The van der Waals surface area contributed by atoms with Crippen LogP contribution in [-0.2, 0) is 16.1 Å².